The lowest BCUT2D eigenvalue weighted by molar-refractivity contribution is 0.500. The molecule has 0 atom stereocenters. The third-order valence-electron chi connectivity index (χ3n) is 2.17. The Morgan fingerprint density at radius 2 is 1.94 bits per heavy atom. The van der Waals surface area contributed by atoms with Crippen molar-refractivity contribution in [1.29, 1.82) is 0 Å². The van der Waals surface area contributed by atoms with Gasteiger partial charge >= 0.3 is 0 Å². The van der Waals surface area contributed by atoms with Gasteiger partial charge < -0.3 is 10.6 Å². The Morgan fingerprint density at radius 3 is 2.50 bits per heavy atom. The van der Waals surface area contributed by atoms with Gasteiger partial charge in [-0.2, -0.15) is 0 Å². The van der Waals surface area contributed by atoms with E-state index < -0.39 is 11.6 Å². The molecular weight excluding hydrogens is 236 g/mol. The summed E-state index contributed by atoms with van der Waals surface area (Å²) >= 11 is 0. The van der Waals surface area contributed by atoms with Crippen LogP contribution < -0.4 is 10.6 Å². The first kappa shape index (κ1) is 14.4. The van der Waals surface area contributed by atoms with Crippen molar-refractivity contribution in [2.24, 2.45) is 4.99 Å². The van der Waals surface area contributed by atoms with Crippen LogP contribution in [0, 0.1) is 11.6 Å². The van der Waals surface area contributed by atoms with Gasteiger partial charge in [-0.25, -0.2) is 8.78 Å². The van der Waals surface area contributed by atoms with Crippen LogP contribution in [-0.2, 0) is 6.54 Å². The quantitative estimate of drug-likeness (QED) is 0.629. The van der Waals surface area contributed by atoms with Crippen LogP contribution in [0.2, 0.25) is 0 Å². The van der Waals surface area contributed by atoms with Crippen LogP contribution in [0.15, 0.2) is 23.2 Å². The van der Waals surface area contributed by atoms with Crippen LogP contribution in [0.1, 0.15) is 26.3 Å². The first-order valence-electron chi connectivity index (χ1n) is 5.74. The summed E-state index contributed by atoms with van der Waals surface area (Å²) in [6.45, 7) is 6.15. The van der Waals surface area contributed by atoms with Gasteiger partial charge in [0.2, 0.25) is 0 Å². The number of benzene rings is 1. The first-order chi connectivity index (χ1) is 8.31. The molecule has 0 aliphatic heterocycles. The SMILES string of the molecule is CN=C(NCc1cc(F)ccc1F)NC(C)(C)C. The van der Waals surface area contributed by atoms with Crippen LogP contribution in [0.3, 0.4) is 0 Å². The molecule has 0 saturated heterocycles. The lowest BCUT2D eigenvalue weighted by atomic mass is 10.1. The monoisotopic (exact) mass is 255 g/mol. The second-order valence-corrected chi connectivity index (χ2v) is 5.04. The normalized spacial score (nSPS) is 12.4. The van der Waals surface area contributed by atoms with Crippen LogP contribution in [0.5, 0.6) is 0 Å². The fourth-order valence-electron chi connectivity index (χ4n) is 1.39. The molecular formula is C13H19F2N3. The van der Waals surface area contributed by atoms with E-state index in [9.17, 15) is 8.78 Å². The molecule has 0 spiro atoms. The van der Waals surface area contributed by atoms with Gasteiger partial charge in [0.15, 0.2) is 5.96 Å². The smallest absolute Gasteiger partial charge is 0.191 e. The van der Waals surface area contributed by atoms with Crippen LogP contribution >= 0.6 is 0 Å². The zero-order valence-electron chi connectivity index (χ0n) is 11.1. The number of nitrogens with zero attached hydrogens (tertiary/aromatic N) is 1. The summed E-state index contributed by atoms with van der Waals surface area (Å²) in [5.74, 6) is -0.340. The highest BCUT2D eigenvalue weighted by atomic mass is 19.1. The van der Waals surface area contributed by atoms with Gasteiger partial charge in [-0.3, -0.25) is 4.99 Å². The van der Waals surface area contributed by atoms with Gasteiger partial charge in [0.05, 0.1) is 0 Å². The largest absolute Gasteiger partial charge is 0.352 e. The van der Waals surface area contributed by atoms with E-state index in [-0.39, 0.29) is 17.6 Å². The summed E-state index contributed by atoms with van der Waals surface area (Å²) in [4.78, 5) is 4.02. The van der Waals surface area contributed by atoms with Crippen molar-refractivity contribution in [2.45, 2.75) is 32.9 Å². The molecule has 0 bridgehead atoms. The van der Waals surface area contributed by atoms with Gasteiger partial charge in [-0.15, -0.1) is 0 Å². The van der Waals surface area contributed by atoms with E-state index in [2.05, 4.69) is 15.6 Å². The third kappa shape index (κ3) is 4.69. The van der Waals surface area contributed by atoms with Gasteiger partial charge in [0.25, 0.3) is 0 Å². The molecule has 1 aromatic rings. The van der Waals surface area contributed by atoms with Crippen LogP contribution in [-0.4, -0.2) is 18.5 Å². The molecule has 5 heteroatoms. The average Bonchev–Trinajstić information content (AvgIpc) is 2.27. The van der Waals surface area contributed by atoms with Crippen molar-refractivity contribution in [3.05, 3.63) is 35.4 Å². The second kappa shape index (κ2) is 5.80. The lowest BCUT2D eigenvalue weighted by Crippen LogP contribution is -2.47. The third-order valence-corrected chi connectivity index (χ3v) is 2.17. The maximum absolute atomic E-state index is 13.4. The van der Waals surface area contributed by atoms with E-state index >= 15 is 0 Å². The van der Waals surface area contributed by atoms with E-state index in [1.807, 2.05) is 20.8 Å². The topological polar surface area (TPSA) is 36.4 Å². The summed E-state index contributed by atoms with van der Waals surface area (Å²) < 4.78 is 26.4. The maximum Gasteiger partial charge on any atom is 0.191 e. The number of aliphatic imine (C=N–C) groups is 1. The Hall–Kier alpha value is -1.65. The molecule has 100 valence electrons. The molecule has 0 aliphatic rings. The highest BCUT2D eigenvalue weighted by molar-refractivity contribution is 5.80. The van der Waals surface area contributed by atoms with Gasteiger partial charge in [-0.05, 0) is 39.0 Å². The average molecular weight is 255 g/mol. The summed E-state index contributed by atoms with van der Waals surface area (Å²) in [5.41, 5.74) is 0.120. The van der Waals surface area contributed by atoms with E-state index in [1.165, 1.54) is 6.07 Å². The van der Waals surface area contributed by atoms with E-state index in [4.69, 9.17) is 0 Å². The molecule has 0 radical (unpaired) electrons. The minimum atomic E-state index is -0.452. The zero-order valence-corrected chi connectivity index (χ0v) is 11.1. The van der Waals surface area contributed by atoms with Gasteiger partial charge in [0, 0.05) is 24.7 Å². The molecule has 0 fully saturated rings. The van der Waals surface area contributed by atoms with Crippen molar-refractivity contribution in [2.75, 3.05) is 7.05 Å². The summed E-state index contributed by atoms with van der Waals surface area (Å²) in [6.07, 6.45) is 0. The van der Waals surface area contributed by atoms with Gasteiger partial charge in [0.1, 0.15) is 11.6 Å². The van der Waals surface area contributed by atoms with Crippen molar-refractivity contribution in [3.63, 3.8) is 0 Å². The van der Waals surface area contributed by atoms with E-state index in [1.54, 1.807) is 7.05 Å². The zero-order chi connectivity index (χ0) is 13.8. The predicted molar refractivity (Wildman–Crippen MR) is 69.4 cm³/mol. The molecule has 1 rings (SSSR count). The highest BCUT2D eigenvalue weighted by Crippen LogP contribution is 2.09. The minimum Gasteiger partial charge on any atom is -0.352 e. The number of rotatable bonds is 2. The van der Waals surface area contributed by atoms with Crippen LogP contribution in [0.4, 0.5) is 8.78 Å². The van der Waals surface area contributed by atoms with Crippen molar-refractivity contribution in [1.82, 2.24) is 10.6 Å². The number of nitrogens with one attached hydrogen (secondary N) is 2. The maximum atomic E-state index is 13.4. The molecule has 0 amide bonds. The molecule has 0 unspecified atom stereocenters. The molecule has 1 aromatic carbocycles. The molecule has 0 saturated carbocycles. The van der Waals surface area contributed by atoms with E-state index in [0.717, 1.165) is 12.1 Å². The van der Waals surface area contributed by atoms with Crippen LogP contribution in [0.25, 0.3) is 0 Å². The molecule has 0 heterocycles. The van der Waals surface area contributed by atoms with E-state index in [0.29, 0.717) is 5.96 Å². The Bertz CT molecular complexity index is 436. The lowest BCUT2D eigenvalue weighted by Gasteiger charge is -2.23. The number of halogens is 2. The fourth-order valence-corrected chi connectivity index (χ4v) is 1.39. The second-order valence-electron chi connectivity index (χ2n) is 5.04. The number of hydrogen-bond acceptors (Lipinski definition) is 1. The Balaban J connectivity index is 2.66. The van der Waals surface area contributed by atoms with Crippen molar-refractivity contribution >= 4 is 5.96 Å². The minimum absolute atomic E-state index is 0.150. The Morgan fingerprint density at radius 1 is 1.28 bits per heavy atom. The fraction of sp³-hybridized carbons (Fsp3) is 0.462. The number of guanidine groups is 1. The van der Waals surface area contributed by atoms with Gasteiger partial charge in [-0.1, -0.05) is 0 Å². The summed E-state index contributed by atoms with van der Waals surface area (Å²) in [5, 5.41) is 6.08. The van der Waals surface area contributed by atoms with Crippen molar-refractivity contribution in [3.8, 4) is 0 Å². The first-order valence-corrected chi connectivity index (χ1v) is 5.74. The molecule has 2 N–H and O–H groups in total. The summed E-state index contributed by atoms with van der Waals surface area (Å²) in [6, 6.07) is 3.39. The Kier molecular flexibility index (Phi) is 4.64. The summed E-state index contributed by atoms with van der Waals surface area (Å²) in [7, 11) is 1.63. The molecule has 3 nitrogen and oxygen atoms in total. The molecule has 0 aromatic heterocycles. The Labute approximate surface area is 106 Å². The standard InChI is InChI=1S/C13H19F2N3/c1-13(2,3)18-12(16-4)17-8-9-7-10(14)5-6-11(9)15/h5-7H,8H2,1-4H3,(H2,16,17,18). The van der Waals surface area contributed by atoms with Crippen molar-refractivity contribution < 1.29 is 8.78 Å². The highest BCUT2D eigenvalue weighted by Gasteiger charge is 2.12. The predicted octanol–water partition coefficient (Wildman–Crippen LogP) is 2.43. The number of hydrogen-bond donors (Lipinski definition) is 2. The molecule has 18 heavy (non-hydrogen) atoms. The molecule has 0 aliphatic carbocycles.